The molecule has 1 N–H and O–H groups in total. The van der Waals surface area contributed by atoms with Gasteiger partial charge in [-0.2, -0.15) is 0 Å². The summed E-state index contributed by atoms with van der Waals surface area (Å²) in [4.78, 5) is 50.0. The highest BCUT2D eigenvalue weighted by atomic mass is 32.2. The SMILES string of the molecule is COC(=O)c1ccc(COc2ccc(C=C3SC(=O)N(CC(=O)Nc4ccc(F)cc4)C3=O)cc2OC)o1. The largest absolute Gasteiger partial charge is 0.493 e. The van der Waals surface area contributed by atoms with E-state index in [1.165, 1.54) is 50.6 Å². The van der Waals surface area contributed by atoms with Gasteiger partial charge in [0.05, 0.1) is 19.1 Å². The van der Waals surface area contributed by atoms with Crippen LogP contribution in [0.25, 0.3) is 6.08 Å². The van der Waals surface area contributed by atoms with Crippen molar-refractivity contribution in [3.05, 3.63) is 82.4 Å². The smallest absolute Gasteiger partial charge is 0.373 e. The number of nitrogens with one attached hydrogen (secondary N) is 1. The number of imide groups is 1. The molecule has 10 nitrogen and oxygen atoms in total. The molecule has 0 aliphatic carbocycles. The van der Waals surface area contributed by atoms with Crippen LogP contribution in [0.15, 0.2) is 63.9 Å². The van der Waals surface area contributed by atoms with Crippen molar-refractivity contribution < 1.29 is 42.2 Å². The van der Waals surface area contributed by atoms with Crippen molar-refractivity contribution in [1.82, 2.24) is 4.90 Å². The first-order chi connectivity index (χ1) is 18.3. The van der Waals surface area contributed by atoms with Crippen LogP contribution in [-0.4, -0.2) is 48.7 Å². The number of carbonyl (C=O) groups excluding carboxylic acids is 4. The van der Waals surface area contributed by atoms with Crippen LogP contribution in [0.3, 0.4) is 0 Å². The van der Waals surface area contributed by atoms with E-state index < -0.39 is 35.4 Å². The first-order valence-corrected chi connectivity index (χ1v) is 11.9. The molecule has 4 rings (SSSR count). The van der Waals surface area contributed by atoms with Gasteiger partial charge < -0.3 is 23.9 Å². The van der Waals surface area contributed by atoms with Gasteiger partial charge >= 0.3 is 5.97 Å². The highest BCUT2D eigenvalue weighted by Crippen LogP contribution is 2.35. The van der Waals surface area contributed by atoms with Gasteiger partial charge in [0.25, 0.3) is 11.1 Å². The van der Waals surface area contributed by atoms with Crippen LogP contribution in [0, 0.1) is 5.82 Å². The van der Waals surface area contributed by atoms with Crippen molar-refractivity contribution in [1.29, 1.82) is 0 Å². The van der Waals surface area contributed by atoms with Crippen LogP contribution < -0.4 is 14.8 Å². The van der Waals surface area contributed by atoms with Crippen LogP contribution >= 0.6 is 11.8 Å². The van der Waals surface area contributed by atoms with E-state index in [4.69, 9.17) is 13.9 Å². The van der Waals surface area contributed by atoms with Crippen LogP contribution in [0.5, 0.6) is 11.5 Å². The minimum atomic E-state index is -0.618. The Kier molecular flexibility index (Phi) is 8.12. The monoisotopic (exact) mass is 540 g/mol. The van der Waals surface area contributed by atoms with E-state index >= 15 is 0 Å². The molecule has 38 heavy (non-hydrogen) atoms. The van der Waals surface area contributed by atoms with E-state index in [0.29, 0.717) is 40.3 Å². The molecular weight excluding hydrogens is 519 g/mol. The fraction of sp³-hybridized carbons (Fsp3) is 0.154. The van der Waals surface area contributed by atoms with Gasteiger partial charge in [-0.05, 0) is 71.9 Å². The Morgan fingerprint density at radius 3 is 2.53 bits per heavy atom. The highest BCUT2D eigenvalue weighted by molar-refractivity contribution is 8.18. The molecule has 12 heteroatoms. The topological polar surface area (TPSA) is 124 Å². The summed E-state index contributed by atoms with van der Waals surface area (Å²) in [6.45, 7) is -0.467. The lowest BCUT2D eigenvalue weighted by atomic mass is 10.2. The minimum absolute atomic E-state index is 0.0194. The first-order valence-electron chi connectivity index (χ1n) is 11.1. The number of amides is 3. The van der Waals surface area contributed by atoms with Gasteiger partial charge in [-0.25, -0.2) is 9.18 Å². The number of halogens is 1. The lowest BCUT2D eigenvalue weighted by molar-refractivity contribution is -0.127. The number of carbonyl (C=O) groups is 4. The molecule has 0 spiro atoms. The summed E-state index contributed by atoms with van der Waals surface area (Å²) in [5.74, 6) is -1.09. The Bertz CT molecular complexity index is 1420. The molecule has 2 heterocycles. The van der Waals surface area contributed by atoms with Gasteiger partial charge in [-0.15, -0.1) is 0 Å². The number of hydrogen-bond donors (Lipinski definition) is 1. The summed E-state index contributed by atoms with van der Waals surface area (Å²) in [5, 5.41) is 1.93. The number of hydrogen-bond acceptors (Lipinski definition) is 9. The predicted octanol–water partition coefficient (Wildman–Crippen LogP) is 4.47. The summed E-state index contributed by atoms with van der Waals surface area (Å²) in [6, 6.07) is 13.1. The van der Waals surface area contributed by atoms with Crippen molar-refractivity contribution in [3.8, 4) is 11.5 Å². The first kappa shape index (κ1) is 26.5. The lowest BCUT2D eigenvalue weighted by Gasteiger charge is -2.12. The number of methoxy groups -OCH3 is 2. The molecule has 0 saturated carbocycles. The van der Waals surface area contributed by atoms with Gasteiger partial charge in [0.15, 0.2) is 11.5 Å². The lowest BCUT2D eigenvalue weighted by Crippen LogP contribution is -2.36. The zero-order valence-corrected chi connectivity index (χ0v) is 21.0. The summed E-state index contributed by atoms with van der Waals surface area (Å²) < 4.78 is 34.1. The summed E-state index contributed by atoms with van der Waals surface area (Å²) >= 11 is 0.705. The standard InChI is InChI=1S/C26H21FN2O8S/c1-34-21-11-15(3-9-19(21)36-14-18-8-10-20(37-18)25(32)35-2)12-22-24(31)29(26(33)38-22)13-23(30)28-17-6-4-16(27)5-7-17/h3-12H,13-14H2,1-2H3,(H,28,30). The van der Waals surface area contributed by atoms with Gasteiger partial charge in [-0.3, -0.25) is 19.3 Å². The average molecular weight is 541 g/mol. The fourth-order valence-corrected chi connectivity index (χ4v) is 4.21. The maximum Gasteiger partial charge on any atom is 0.373 e. The predicted molar refractivity (Wildman–Crippen MR) is 135 cm³/mol. The van der Waals surface area contributed by atoms with E-state index in [9.17, 15) is 23.6 Å². The molecule has 0 bridgehead atoms. The van der Waals surface area contributed by atoms with E-state index in [2.05, 4.69) is 10.1 Å². The Balaban J connectivity index is 1.40. The third-order valence-electron chi connectivity index (χ3n) is 5.21. The average Bonchev–Trinajstić information content (AvgIpc) is 3.49. The summed E-state index contributed by atoms with van der Waals surface area (Å²) in [6.07, 6.45) is 1.50. The Labute approximate surface area is 220 Å². The van der Waals surface area contributed by atoms with Gasteiger partial charge in [0.2, 0.25) is 11.7 Å². The van der Waals surface area contributed by atoms with E-state index in [0.717, 1.165) is 4.90 Å². The number of anilines is 1. The number of nitrogens with zero attached hydrogens (tertiary/aromatic N) is 1. The number of rotatable bonds is 9. The van der Waals surface area contributed by atoms with Crippen molar-refractivity contribution in [2.75, 3.05) is 26.1 Å². The molecule has 1 saturated heterocycles. The number of furan rings is 1. The van der Waals surface area contributed by atoms with Gasteiger partial charge in [-0.1, -0.05) is 6.07 Å². The Morgan fingerprint density at radius 2 is 1.82 bits per heavy atom. The van der Waals surface area contributed by atoms with Crippen LogP contribution in [0.4, 0.5) is 14.9 Å². The molecular formula is C26H21FN2O8S. The maximum atomic E-state index is 13.0. The minimum Gasteiger partial charge on any atom is -0.493 e. The second-order valence-electron chi connectivity index (χ2n) is 7.78. The fourth-order valence-electron chi connectivity index (χ4n) is 3.37. The van der Waals surface area contributed by atoms with Crippen molar-refractivity contribution >= 4 is 46.5 Å². The van der Waals surface area contributed by atoms with Crippen molar-refractivity contribution in [2.45, 2.75) is 6.61 Å². The number of esters is 1. The molecule has 0 radical (unpaired) electrons. The molecule has 3 aromatic rings. The van der Waals surface area contributed by atoms with Crippen LogP contribution in [-0.2, 0) is 20.9 Å². The molecule has 0 unspecified atom stereocenters. The zero-order valence-electron chi connectivity index (χ0n) is 20.2. The quantitative estimate of drug-likeness (QED) is 0.309. The molecule has 3 amide bonds. The number of thioether (sulfide) groups is 1. The Hall–Kier alpha value is -4.58. The summed E-state index contributed by atoms with van der Waals surface area (Å²) in [5.41, 5.74) is 0.894. The van der Waals surface area contributed by atoms with Gasteiger partial charge in [0, 0.05) is 5.69 Å². The van der Waals surface area contributed by atoms with Gasteiger partial charge in [0.1, 0.15) is 24.7 Å². The number of benzene rings is 2. The van der Waals surface area contributed by atoms with Crippen molar-refractivity contribution in [3.63, 3.8) is 0 Å². The van der Waals surface area contributed by atoms with E-state index in [-0.39, 0.29) is 17.3 Å². The third-order valence-corrected chi connectivity index (χ3v) is 6.11. The van der Waals surface area contributed by atoms with E-state index in [1.54, 1.807) is 24.3 Å². The number of ether oxygens (including phenoxy) is 3. The summed E-state index contributed by atoms with van der Waals surface area (Å²) in [7, 11) is 2.70. The van der Waals surface area contributed by atoms with Crippen LogP contribution in [0.2, 0.25) is 0 Å². The molecule has 2 aromatic carbocycles. The molecule has 1 aromatic heterocycles. The van der Waals surface area contributed by atoms with Crippen molar-refractivity contribution in [2.24, 2.45) is 0 Å². The van der Waals surface area contributed by atoms with E-state index in [1.807, 2.05) is 0 Å². The molecule has 1 aliphatic rings. The van der Waals surface area contributed by atoms with Crippen LogP contribution in [0.1, 0.15) is 21.9 Å². The molecule has 1 fully saturated rings. The maximum absolute atomic E-state index is 13.0. The molecule has 1 aliphatic heterocycles. The second-order valence-corrected chi connectivity index (χ2v) is 8.77. The highest BCUT2D eigenvalue weighted by Gasteiger charge is 2.36. The normalized spacial score (nSPS) is 14.1. The Morgan fingerprint density at radius 1 is 1.05 bits per heavy atom. The second kappa shape index (κ2) is 11.6. The third kappa shape index (κ3) is 6.21. The zero-order chi connectivity index (χ0) is 27.2. The molecule has 0 atom stereocenters. The molecule has 196 valence electrons.